The summed E-state index contributed by atoms with van der Waals surface area (Å²) in [5, 5.41) is 0. The standard InChI is InChI=1S/C11H14O/c1-8-10(11(8)12-2)9-6-4-3-5-7-9/h3-8,10-11H,1-2H3/t8-,10+,11+/m0/s1. The second kappa shape index (κ2) is 2.91. The van der Waals surface area contributed by atoms with Crippen molar-refractivity contribution in [1.29, 1.82) is 0 Å². The maximum Gasteiger partial charge on any atom is 0.0675 e. The van der Waals surface area contributed by atoms with Gasteiger partial charge in [0.2, 0.25) is 0 Å². The smallest absolute Gasteiger partial charge is 0.0675 e. The fourth-order valence-corrected chi connectivity index (χ4v) is 1.96. The van der Waals surface area contributed by atoms with E-state index in [2.05, 4.69) is 37.3 Å². The van der Waals surface area contributed by atoms with Gasteiger partial charge in [0.15, 0.2) is 0 Å². The molecule has 1 fully saturated rings. The van der Waals surface area contributed by atoms with E-state index >= 15 is 0 Å². The van der Waals surface area contributed by atoms with Crippen molar-refractivity contribution < 1.29 is 4.74 Å². The number of methoxy groups -OCH3 is 1. The Morgan fingerprint density at radius 2 is 1.83 bits per heavy atom. The Balaban J connectivity index is 2.14. The van der Waals surface area contributed by atoms with E-state index in [1.807, 2.05) is 0 Å². The lowest BCUT2D eigenvalue weighted by molar-refractivity contribution is 0.168. The van der Waals surface area contributed by atoms with Gasteiger partial charge in [0.1, 0.15) is 0 Å². The Hall–Kier alpha value is -0.820. The molecule has 0 unspecified atom stereocenters. The van der Waals surface area contributed by atoms with E-state index in [0.717, 1.165) is 0 Å². The normalized spacial score (nSPS) is 33.3. The van der Waals surface area contributed by atoms with Gasteiger partial charge in [-0.15, -0.1) is 0 Å². The molecule has 1 nitrogen and oxygen atoms in total. The molecule has 64 valence electrons. The summed E-state index contributed by atoms with van der Waals surface area (Å²) in [6, 6.07) is 10.6. The minimum Gasteiger partial charge on any atom is -0.381 e. The lowest BCUT2D eigenvalue weighted by atomic mass is 10.1. The number of ether oxygens (including phenoxy) is 1. The first-order valence-corrected chi connectivity index (χ1v) is 4.42. The highest BCUT2D eigenvalue weighted by Crippen LogP contribution is 2.49. The van der Waals surface area contributed by atoms with Crippen LogP contribution in [0, 0.1) is 5.92 Å². The van der Waals surface area contributed by atoms with Crippen molar-refractivity contribution in [3.05, 3.63) is 35.9 Å². The Labute approximate surface area is 73.4 Å². The predicted octanol–water partition coefficient (Wildman–Crippen LogP) is 2.43. The van der Waals surface area contributed by atoms with E-state index < -0.39 is 0 Å². The molecule has 1 heteroatoms. The minimum atomic E-state index is 0.451. The summed E-state index contributed by atoms with van der Waals surface area (Å²) in [7, 11) is 1.80. The van der Waals surface area contributed by atoms with Crippen LogP contribution in [0.1, 0.15) is 18.4 Å². The zero-order valence-electron chi connectivity index (χ0n) is 7.53. The largest absolute Gasteiger partial charge is 0.381 e. The van der Waals surface area contributed by atoms with Gasteiger partial charge in [-0.1, -0.05) is 37.3 Å². The molecule has 0 aromatic heterocycles. The average molecular weight is 162 g/mol. The zero-order chi connectivity index (χ0) is 8.55. The SMILES string of the molecule is CO[C@@H]1[C@@H](C)[C@@H]1c1ccccc1. The van der Waals surface area contributed by atoms with Crippen LogP contribution in [0.3, 0.4) is 0 Å². The molecule has 1 aliphatic rings. The van der Waals surface area contributed by atoms with Crippen LogP contribution in [0.4, 0.5) is 0 Å². The van der Waals surface area contributed by atoms with Crippen LogP contribution >= 0.6 is 0 Å². The van der Waals surface area contributed by atoms with Crippen molar-refractivity contribution in [2.45, 2.75) is 18.9 Å². The van der Waals surface area contributed by atoms with E-state index in [9.17, 15) is 0 Å². The van der Waals surface area contributed by atoms with Crippen LogP contribution in [-0.4, -0.2) is 13.2 Å². The molecule has 1 saturated carbocycles. The second-order valence-electron chi connectivity index (χ2n) is 3.50. The number of benzene rings is 1. The van der Waals surface area contributed by atoms with Crippen molar-refractivity contribution >= 4 is 0 Å². The molecule has 0 saturated heterocycles. The molecule has 1 aromatic rings. The van der Waals surface area contributed by atoms with Crippen molar-refractivity contribution in [3.63, 3.8) is 0 Å². The Bertz CT molecular complexity index is 255. The first-order chi connectivity index (χ1) is 5.84. The van der Waals surface area contributed by atoms with Gasteiger partial charge in [-0.3, -0.25) is 0 Å². The molecule has 0 N–H and O–H groups in total. The molecule has 0 amide bonds. The molecule has 1 aromatic carbocycles. The lowest BCUT2D eigenvalue weighted by Gasteiger charge is -1.97. The first kappa shape index (κ1) is 7.81. The zero-order valence-corrected chi connectivity index (χ0v) is 7.53. The molecule has 0 radical (unpaired) electrons. The van der Waals surface area contributed by atoms with Crippen LogP contribution in [-0.2, 0) is 4.74 Å². The quantitative estimate of drug-likeness (QED) is 0.649. The van der Waals surface area contributed by atoms with Gasteiger partial charge in [-0.2, -0.15) is 0 Å². The predicted molar refractivity (Wildman–Crippen MR) is 49.1 cm³/mol. The fourth-order valence-electron chi connectivity index (χ4n) is 1.96. The average Bonchev–Trinajstić information content (AvgIpc) is 2.78. The molecular formula is C11H14O. The van der Waals surface area contributed by atoms with Gasteiger partial charge in [0, 0.05) is 13.0 Å². The van der Waals surface area contributed by atoms with Crippen molar-refractivity contribution in [2.75, 3.05) is 7.11 Å². The van der Waals surface area contributed by atoms with Gasteiger partial charge in [-0.25, -0.2) is 0 Å². The van der Waals surface area contributed by atoms with Crippen LogP contribution in [0.25, 0.3) is 0 Å². The molecular weight excluding hydrogens is 148 g/mol. The third-order valence-corrected chi connectivity index (χ3v) is 2.75. The summed E-state index contributed by atoms with van der Waals surface area (Å²) in [6.07, 6.45) is 0.451. The molecule has 12 heavy (non-hydrogen) atoms. The Morgan fingerprint density at radius 1 is 1.17 bits per heavy atom. The van der Waals surface area contributed by atoms with E-state index in [1.54, 1.807) is 7.11 Å². The Kier molecular flexibility index (Phi) is 1.89. The van der Waals surface area contributed by atoms with Gasteiger partial charge in [0.05, 0.1) is 6.10 Å². The summed E-state index contributed by atoms with van der Waals surface area (Å²) in [6.45, 7) is 2.24. The molecule has 0 bridgehead atoms. The molecule has 0 spiro atoms. The lowest BCUT2D eigenvalue weighted by Crippen LogP contribution is -1.90. The van der Waals surface area contributed by atoms with E-state index in [0.29, 0.717) is 17.9 Å². The molecule has 0 heterocycles. The highest BCUT2D eigenvalue weighted by molar-refractivity contribution is 5.28. The van der Waals surface area contributed by atoms with Crippen LogP contribution < -0.4 is 0 Å². The van der Waals surface area contributed by atoms with Gasteiger partial charge in [-0.05, 0) is 11.5 Å². The van der Waals surface area contributed by atoms with Gasteiger partial charge < -0.3 is 4.74 Å². The number of rotatable bonds is 2. The topological polar surface area (TPSA) is 9.23 Å². The molecule has 2 rings (SSSR count). The molecule has 3 atom stereocenters. The van der Waals surface area contributed by atoms with Crippen LogP contribution in [0.5, 0.6) is 0 Å². The summed E-state index contributed by atoms with van der Waals surface area (Å²) in [4.78, 5) is 0. The summed E-state index contributed by atoms with van der Waals surface area (Å²) >= 11 is 0. The monoisotopic (exact) mass is 162 g/mol. The maximum atomic E-state index is 5.34. The second-order valence-corrected chi connectivity index (χ2v) is 3.50. The molecule has 0 aliphatic heterocycles. The van der Waals surface area contributed by atoms with Crippen molar-refractivity contribution in [1.82, 2.24) is 0 Å². The van der Waals surface area contributed by atoms with Gasteiger partial charge >= 0.3 is 0 Å². The number of hydrogen-bond donors (Lipinski definition) is 0. The third-order valence-electron chi connectivity index (χ3n) is 2.75. The maximum absolute atomic E-state index is 5.34. The minimum absolute atomic E-state index is 0.451. The molecule has 1 aliphatic carbocycles. The van der Waals surface area contributed by atoms with Crippen LogP contribution in [0.15, 0.2) is 30.3 Å². The van der Waals surface area contributed by atoms with Gasteiger partial charge in [0.25, 0.3) is 0 Å². The number of hydrogen-bond acceptors (Lipinski definition) is 1. The Morgan fingerprint density at radius 3 is 2.33 bits per heavy atom. The highest BCUT2D eigenvalue weighted by Gasteiger charge is 2.47. The summed E-state index contributed by atoms with van der Waals surface area (Å²) in [5.74, 6) is 1.33. The third kappa shape index (κ3) is 1.14. The van der Waals surface area contributed by atoms with E-state index in [1.165, 1.54) is 5.56 Å². The summed E-state index contributed by atoms with van der Waals surface area (Å²) < 4.78 is 5.34. The fraction of sp³-hybridized carbons (Fsp3) is 0.455. The first-order valence-electron chi connectivity index (χ1n) is 4.42. The van der Waals surface area contributed by atoms with Crippen molar-refractivity contribution in [3.8, 4) is 0 Å². The van der Waals surface area contributed by atoms with Crippen molar-refractivity contribution in [2.24, 2.45) is 5.92 Å². The highest BCUT2D eigenvalue weighted by atomic mass is 16.5. The van der Waals surface area contributed by atoms with E-state index in [-0.39, 0.29) is 0 Å². The van der Waals surface area contributed by atoms with Crippen LogP contribution in [0.2, 0.25) is 0 Å². The van der Waals surface area contributed by atoms with E-state index in [4.69, 9.17) is 4.74 Å². The summed E-state index contributed by atoms with van der Waals surface area (Å²) in [5.41, 5.74) is 1.41.